The van der Waals surface area contributed by atoms with E-state index in [9.17, 15) is 14.9 Å². The Morgan fingerprint density at radius 2 is 2.38 bits per heavy atom. The highest BCUT2D eigenvalue weighted by atomic mass is 16.6. The van der Waals surface area contributed by atoms with Gasteiger partial charge in [-0.15, -0.1) is 0 Å². The summed E-state index contributed by atoms with van der Waals surface area (Å²) in [6.07, 6.45) is 3.52. The van der Waals surface area contributed by atoms with Crippen molar-refractivity contribution in [3.63, 3.8) is 0 Å². The van der Waals surface area contributed by atoms with Gasteiger partial charge in [0.1, 0.15) is 10.7 Å². The summed E-state index contributed by atoms with van der Waals surface area (Å²) in [7, 11) is 0. The van der Waals surface area contributed by atoms with Gasteiger partial charge in [0.05, 0.1) is 6.07 Å². The number of amides is 1. The third kappa shape index (κ3) is 3.56. The minimum atomic E-state index is -0.630. The van der Waals surface area contributed by atoms with Crippen molar-refractivity contribution in [2.75, 3.05) is 6.54 Å². The summed E-state index contributed by atoms with van der Waals surface area (Å²) in [5.41, 5.74) is 0. The van der Waals surface area contributed by atoms with Crippen molar-refractivity contribution in [1.82, 2.24) is 5.32 Å². The van der Waals surface area contributed by atoms with Crippen LogP contribution in [0.25, 0.3) is 6.08 Å². The third-order valence-corrected chi connectivity index (χ3v) is 1.74. The molecule has 1 N–H and O–H groups in total. The minimum Gasteiger partial charge on any atom is -0.401 e. The van der Waals surface area contributed by atoms with E-state index in [0.29, 0.717) is 6.54 Å². The van der Waals surface area contributed by atoms with Gasteiger partial charge in [-0.1, -0.05) is 6.92 Å². The van der Waals surface area contributed by atoms with Gasteiger partial charge in [-0.3, -0.25) is 14.9 Å². The van der Waals surface area contributed by atoms with Crippen LogP contribution < -0.4 is 5.32 Å². The summed E-state index contributed by atoms with van der Waals surface area (Å²) in [5, 5.41) is 12.9. The molecule has 0 saturated heterocycles. The Hall–Kier alpha value is -2.11. The SMILES string of the molecule is CCCNC(=O)/C=C/c1ccc([N+](=O)[O-])o1. The lowest BCUT2D eigenvalue weighted by Crippen LogP contribution is -2.21. The van der Waals surface area contributed by atoms with Crippen molar-refractivity contribution in [3.05, 3.63) is 34.1 Å². The van der Waals surface area contributed by atoms with Gasteiger partial charge >= 0.3 is 5.88 Å². The lowest BCUT2D eigenvalue weighted by atomic mass is 10.4. The fourth-order valence-corrected chi connectivity index (χ4v) is 0.995. The summed E-state index contributed by atoms with van der Waals surface area (Å²) in [5.74, 6) is -0.312. The van der Waals surface area contributed by atoms with E-state index < -0.39 is 4.92 Å². The smallest absolute Gasteiger partial charge is 0.401 e. The van der Waals surface area contributed by atoms with Crippen molar-refractivity contribution in [2.24, 2.45) is 0 Å². The summed E-state index contributed by atoms with van der Waals surface area (Å²) in [6, 6.07) is 2.67. The Bertz CT molecular complexity index is 409. The molecule has 0 aliphatic rings. The monoisotopic (exact) mass is 224 g/mol. The van der Waals surface area contributed by atoms with Gasteiger partial charge in [0.2, 0.25) is 5.91 Å². The van der Waals surface area contributed by atoms with Crippen molar-refractivity contribution in [2.45, 2.75) is 13.3 Å². The second kappa shape index (κ2) is 5.69. The summed E-state index contributed by atoms with van der Waals surface area (Å²) >= 11 is 0. The van der Waals surface area contributed by atoms with Crippen LogP contribution in [0.4, 0.5) is 5.88 Å². The third-order valence-electron chi connectivity index (χ3n) is 1.74. The molecule has 0 radical (unpaired) electrons. The molecule has 1 amide bonds. The molecule has 0 atom stereocenters. The zero-order valence-electron chi connectivity index (χ0n) is 8.80. The minimum absolute atomic E-state index is 0.249. The van der Waals surface area contributed by atoms with Crippen LogP contribution in [0.3, 0.4) is 0 Å². The second-order valence-corrected chi connectivity index (χ2v) is 3.06. The maximum atomic E-state index is 11.1. The van der Waals surface area contributed by atoms with Crippen molar-refractivity contribution >= 4 is 17.9 Å². The molecule has 0 aliphatic carbocycles. The molecule has 0 fully saturated rings. The van der Waals surface area contributed by atoms with E-state index in [-0.39, 0.29) is 17.6 Å². The van der Waals surface area contributed by atoms with E-state index in [2.05, 4.69) is 5.32 Å². The highest BCUT2D eigenvalue weighted by Gasteiger charge is 2.09. The van der Waals surface area contributed by atoms with Gasteiger partial charge in [-0.05, 0) is 18.6 Å². The Kier molecular flexibility index (Phi) is 4.26. The number of nitrogens with one attached hydrogen (secondary N) is 1. The molecular weight excluding hydrogens is 212 g/mol. The van der Waals surface area contributed by atoms with Gasteiger partial charge in [-0.25, -0.2) is 0 Å². The van der Waals surface area contributed by atoms with Crippen LogP contribution in [-0.2, 0) is 4.79 Å². The van der Waals surface area contributed by atoms with Crippen LogP contribution in [-0.4, -0.2) is 17.4 Å². The Balaban J connectivity index is 2.55. The number of nitro groups is 1. The molecule has 0 saturated carbocycles. The molecule has 1 rings (SSSR count). The quantitative estimate of drug-likeness (QED) is 0.468. The number of nitrogens with zero attached hydrogens (tertiary/aromatic N) is 1. The zero-order valence-corrected chi connectivity index (χ0v) is 8.80. The summed E-state index contributed by atoms with van der Waals surface area (Å²) in [4.78, 5) is 20.8. The molecule has 1 aromatic rings. The Morgan fingerprint density at radius 1 is 1.62 bits per heavy atom. The maximum Gasteiger partial charge on any atom is 0.433 e. The summed E-state index contributed by atoms with van der Waals surface area (Å²) < 4.78 is 4.83. The van der Waals surface area contributed by atoms with Gasteiger partial charge in [0.15, 0.2) is 0 Å². The van der Waals surface area contributed by atoms with Crippen LogP contribution in [0, 0.1) is 10.1 Å². The van der Waals surface area contributed by atoms with Gasteiger partial charge in [-0.2, -0.15) is 0 Å². The molecule has 0 aliphatic heterocycles. The predicted molar refractivity (Wildman–Crippen MR) is 57.7 cm³/mol. The number of carbonyl (C=O) groups excluding carboxylic acids is 1. The largest absolute Gasteiger partial charge is 0.433 e. The molecule has 6 heteroatoms. The molecule has 1 heterocycles. The van der Waals surface area contributed by atoms with E-state index >= 15 is 0 Å². The predicted octanol–water partition coefficient (Wildman–Crippen LogP) is 1.73. The standard InChI is InChI=1S/C10H12N2O4/c1-2-7-11-9(13)5-3-8-4-6-10(16-8)12(14)15/h3-6H,2,7H2,1H3,(H,11,13)/b5-3+. The first-order valence-electron chi connectivity index (χ1n) is 4.83. The van der Waals surface area contributed by atoms with Crippen LogP contribution in [0.1, 0.15) is 19.1 Å². The number of carbonyl (C=O) groups is 1. The van der Waals surface area contributed by atoms with Crippen LogP contribution >= 0.6 is 0 Å². The highest BCUT2D eigenvalue weighted by molar-refractivity contribution is 5.91. The molecule has 0 bridgehead atoms. The zero-order chi connectivity index (χ0) is 12.0. The first-order chi connectivity index (χ1) is 7.63. The first kappa shape index (κ1) is 12.0. The van der Waals surface area contributed by atoms with Gasteiger partial charge in [0.25, 0.3) is 0 Å². The fraction of sp³-hybridized carbons (Fsp3) is 0.300. The van der Waals surface area contributed by atoms with Crippen molar-refractivity contribution in [3.8, 4) is 0 Å². The van der Waals surface area contributed by atoms with E-state index in [1.165, 1.54) is 24.3 Å². The van der Waals surface area contributed by atoms with Crippen LogP contribution in [0.2, 0.25) is 0 Å². The second-order valence-electron chi connectivity index (χ2n) is 3.06. The van der Waals surface area contributed by atoms with Gasteiger partial charge < -0.3 is 9.73 Å². The first-order valence-corrected chi connectivity index (χ1v) is 4.83. The highest BCUT2D eigenvalue weighted by Crippen LogP contribution is 2.16. The number of furan rings is 1. The molecule has 0 unspecified atom stereocenters. The van der Waals surface area contributed by atoms with Gasteiger partial charge in [0, 0.05) is 12.6 Å². The number of rotatable bonds is 5. The van der Waals surface area contributed by atoms with E-state index in [1.54, 1.807) is 0 Å². The molecule has 0 spiro atoms. The molecule has 6 nitrogen and oxygen atoms in total. The van der Waals surface area contributed by atoms with E-state index in [4.69, 9.17) is 4.42 Å². The van der Waals surface area contributed by atoms with Crippen molar-refractivity contribution < 1.29 is 14.1 Å². The topological polar surface area (TPSA) is 85.4 Å². The average Bonchev–Trinajstić information content (AvgIpc) is 2.72. The Morgan fingerprint density at radius 3 is 2.94 bits per heavy atom. The molecule has 86 valence electrons. The summed E-state index contributed by atoms with van der Waals surface area (Å²) in [6.45, 7) is 2.54. The van der Waals surface area contributed by atoms with Crippen LogP contribution in [0.15, 0.2) is 22.6 Å². The van der Waals surface area contributed by atoms with Crippen molar-refractivity contribution in [1.29, 1.82) is 0 Å². The lowest BCUT2D eigenvalue weighted by molar-refractivity contribution is -0.402. The Labute approximate surface area is 92.1 Å². The van der Waals surface area contributed by atoms with E-state index in [1.807, 2.05) is 6.92 Å². The average molecular weight is 224 g/mol. The fourth-order valence-electron chi connectivity index (χ4n) is 0.995. The maximum absolute atomic E-state index is 11.1. The lowest BCUT2D eigenvalue weighted by Gasteiger charge is -1.96. The number of hydrogen-bond acceptors (Lipinski definition) is 4. The molecule has 16 heavy (non-hydrogen) atoms. The van der Waals surface area contributed by atoms with E-state index in [0.717, 1.165) is 6.42 Å². The van der Waals surface area contributed by atoms with Crippen LogP contribution in [0.5, 0.6) is 0 Å². The molecule has 0 aromatic carbocycles. The molecule has 1 aromatic heterocycles. The molecular formula is C10H12N2O4. The number of hydrogen-bond donors (Lipinski definition) is 1. The normalized spacial score (nSPS) is 10.6.